The summed E-state index contributed by atoms with van der Waals surface area (Å²) >= 11 is 0. The molecule has 1 aromatic rings. The second-order valence-electron chi connectivity index (χ2n) is 6.69. The van der Waals surface area contributed by atoms with Crippen molar-refractivity contribution in [2.75, 3.05) is 26.7 Å². The van der Waals surface area contributed by atoms with Gasteiger partial charge in [-0.1, -0.05) is 12.1 Å². The molecule has 1 saturated heterocycles. The molecule has 20 heavy (non-hydrogen) atoms. The summed E-state index contributed by atoms with van der Waals surface area (Å²) in [5, 5.41) is 3.75. The number of hydrogen-bond acceptors (Lipinski definition) is 2. The van der Waals surface area contributed by atoms with Gasteiger partial charge in [0.1, 0.15) is 0 Å². The van der Waals surface area contributed by atoms with Gasteiger partial charge in [-0.3, -0.25) is 0 Å². The molecule has 0 bridgehead atoms. The Morgan fingerprint density at radius 3 is 2.60 bits per heavy atom. The van der Waals surface area contributed by atoms with Crippen molar-refractivity contribution in [2.45, 2.75) is 46.6 Å². The largest absolute Gasteiger partial charge is 0.310 e. The predicted molar refractivity (Wildman–Crippen MR) is 87.3 cm³/mol. The summed E-state index contributed by atoms with van der Waals surface area (Å²) in [4.78, 5) is 2.46. The highest BCUT2D eigenvalue weighted by molar-refractivity contribution is 5.38. The molecule has 1 N–H and O–H groups in total. The molecule has 1 aliphatic rings. The number of nitrogens with zero attached hydrogens (tertiary/aromatic N) is 1. The van der Waals surface area contributed by atoms with Gasteiger partial charge < -0.3 is 10.2 Å². The van der Waals surface area contributed by atoms with Crippen LogP contribution in [0.3, 0.4) is 0 Å². The second kappa shape index (κ2) is 6.73. The molecule has 1 aliphatic heterocycles. The molecular weight excluding hydrogens is 244 g/mol. The van der Waals surface area contributed by atoms with E-state index in [2.05, 4.69) is 57.1 Å². The third-order valence-electron chi connectivity index (χ3n) is 4.78. The minimum Gasteiger partial charge on any atom is -0.310 e. The quantitative estimate of drug-likeness (QED) is 0.902. The first-order valence-electron chi connectivity index (χ1n) is 7.97. The van der Waals surface area contributed by atoms with E-state index in [-0.39, 0.29) is 0 Å². The maximum atomic E-state index is 3.75. The van der Waals surface area contributed by atoms with Crippen LogP contribution in [0.25, 0.3) is 0 Å². The van der Waals surface area contributed by atoms with Crippen molar-refractivity contribution in [1.29, 1.82) is 0 Å². The second-order valence-corrected chi connectivity index (χ2v) is 6.69. The summed E-state index contributed by atoms with van der Waals surface area (Å²) in [6, 6.07) is 5.12. The van der Waals surface area contributed by atoms with Gasteiger partial charge in [-0.25, -0.2) is 0 Å². The third kappa shape index (κ3) is 3.83. The number of nitrogens with one attached hydrogen (secondary N) is 1. The zero-order chi connectivity index (χ0) is 14.7. The molecule has 1 heterocycles. The Morgan fingerprint density at radius 2 is 1.90 bits per heavy atom. The van der Waals surface area contributed by atoms with E-state index in [4.69, 9.17) is 0 Å². The molecule has 2 heteroatoms. The molecule has 1 fully saturated rings. The normalized spacial score (nSPS) is 21.9. The SMILES string of the molecule is Cc1cc(C)c(C(C)NCC2CCCN(C)C2)cc1C. The third-order valence-corrected chi connectivity index (χ3v) is 4.78. The number of rotatable bonds is 4. The fraction of sp³-hybridized carbons (Fsp3) is 0.667. The molecule has 0 aromatic heterocycles. The van der Waals surface area contributed by atoms with Crippen molar-refractivity contribution < 1.29 is 0 Å². The lowest BCUT2D eigenvalue weighted by Gasteiger charge is -2.31. The lowest BCUT2D eigenvalue weighted by atomic mass is 9.95. The molecule has 2 nitrogen and oxygen atoms in total. The van der Waals surface area contributed by atoms with Crippen LogP contribution in [0.1, 0.15) is 48.1 Å². The van der Waals surface area contributed by atoms with Crippen LogP contribution in [-0.2, 0) is 0 Å². The van der Waals surface area contributed by atoms with Crippen LogP contribution < -0.4 is 5.32 Å². The summed E-state index contributed by atoms with van der Waals surface area (Å²) < 4.78 is 0. The molecule has 0 radical (unpaired) electrons. The van der Waals surface area contributed by atoms with Gasteiger partial charge in [0.05, 0.1) is 0 Å². The van der Waals surface area contributed by atoms with Crippen LogP contribution in [0.5, 0.6) is 0 Å². The highest BCUT2D eigenvalue weighted by Gasteiger charge is 2.18. The Kier molecular flexibility index (Phi) is 5.22. The summed E-state index contributed by atoms with van der Waals surface area (Å²) in [7, 11) is 2.24. The molecule has 112 valence electrons. The van der Waals surface area contributed by atoms with Crippen LogP contribution in [-0.4, -0.2) is 31.6 Å². The van der Waals surface area contributed by atoms with Gasteiger partial charge in [0, 0.05) is 12.6 Å². The fourth-order valence-electron chi connectivity index (χ4n) is 3.34. The Balaban J connectivity index is 1.94. The number of aryl methyl sites for hydroxylation is 3. The average Bonchev–Trinajstić information content (AvgIpc) is 2.40. The Labute approximate surface area is 124 Å². The Morgan fingerprint density at radius 1 is 1.20 bits per heavy atom. The molecule has 0 amide bonds. The first-order chi connectivity index (χ1) is 9.47. The van der Waals surface area contributed by atoms with E-state index in [1.54, 1.807) is 0 Å². The minimum atomic E-state index is 0.446. The van der Waals surface area contributed by atoms with E-state index >= 15 is 0 Å². The van der Waals surface area contributed by atoms with Crippen LogP contribution in [0, 0.1) is 26.7 Å². The molecule has 2 atom stereocenters. The predicted octanol–water partition coefficient (Wildman–Crippen LogP) is 3.60. The van der Waals surface area contributed by atoms with Gasteiger partial charge in [0.25, 0.3) is 0 Å². The van der Waals surface area contributed by atoms with Gasteiger partial charge in [-0.15, -0.1) is 0 Å². The van der Waals surface area contributed by atoms with Gasteiger partial charge in [-0.2, -0.15) is 0 Å². The fourth-order valence-corrected chi connectivity index (χ4v) is 3.34. The van der Waals surface area contributed by atoms with Gasteiger partial charge >= 0.3 is 0 Å². The molecule has 1 aromatic carbocycles. The van der Waals surface area contributed by atoms with Crippen LogP contribution in [0.4, 0.5) is 0 Å². The topological polar surface area (TPSA) is 15.3 Å². The lowest BCUT2D eigenvalue weighted by Crippen LogP contribution is -2.38. The van der Waals surface area contributed by atoms with Crippen molar-refractivity contribution in [1.82, 2.24) is 10.2 Å². The summed E-state index contributed by atoms with van der Waals surface area (Å²) in [5.74, 6) is 0.808. The van der Waals surface area contributed by atoms with Crippen LogP contribution in [0.2, 0.25) is 0 Å². The molecule has 2 unspecified atom stereocenters. The zero-order valence-electron chi connectivity index (χ0n) is 13.8. The first kappa shape index (κ1) is 15.5. The summed E-state index contributed by atoms with van der Waals surface area (Å²) in [6.45, 7) is 12.6. The van der Waals surface area contributed by atoms with Crippen molar-refractivity contribution >= 4 is 0 Å². The number of piperidine rings is 1. The number of benzene rings is 1. The maximum Gasteiger partial charge on any atom is 0.0294 e. The lowest BCUT2D eigenvalue weighted by molar-refractivity contribution is 0.203. The molecule has 0 aliphatic carbocycles. The molecular formula is C18H30N2. The van der Waals surface area contributed by atoms with E-state index in [0.717, 1.165) is 12.5 Å². The maximum absolute atomic E-state index is 3.75. The molecule has 2 rings (SSSR count). The average molecular weight is 274 g/mol. The van der Waals surface area contributed by atoms with E-state index < -0.39 is 0 Å². The zero-order valence-corrected chi connectivity index (χ0v) is 13.8. The molecule has 0 spiro atoms. The number of hydrogen-bond donors (Lipinski definition) is 1. The highest BCUT2D eigenvalue weighted by atomic mass is 15.1. The Hall–Kier alpha value is -0.860. The first-order valence-corrected chi connectivity index (χ1v) is 7.97. The van der Waals surface area contributed by atoms with Crippen molar-refractivity contribution in [3.8, 4) is 0 Å². The van der Waals surface area contributed by atoms with Crippen molar-refractivity contribution in [3.63, 3.8) is 0 Å². The van der Waals surface area contributed by atoms with Crippen molar-refractivity contribution in [2.24, 2.45) is 5.92 Å². The van der Waals surface area contributed by atoms with E-state index in [1.165, 1.54) is 48.2 Å². The highest BCUT2D eigenvalue weighted by Crippen LogP contribution is 2.22. The monoisotopic (exact) mass is 274 g/mol. The van der Waals surface area contributed by atoms with Gasteiger partial charge in [-0.05, 0) is 88.8 Å². The molecule has 0 saturated carbocycles. The van der Waals surface area contributed by atoms with Crippen LogP contribution >= 0.6 is 0 Å². The standard InChI is InChI=1S/C18H30N2/c1-13-9-15(3)18(10-14(13)2)16(4)19-11-17-7-6-8-20(5)12-17/h9-10,16-17,19H,6-8,11-12H2,1-5H3. The van der Waals surface area contributed by atoms with Crippen molar-refractivity contribution in [3.05, 3.63) is 34.4 Å². The minimum absolute atomic E-state index is 0.446. The Bertz CT molecular complexity index is 453. The van der Waals surface area contributed by atoms with Gasteiger partial charge in [0.15, 0.2) is 0 Å². The van der Waals surface area contributed by atoms with Gasteiger partial charge in [0.2, 0.25) is 0 Å². The summed E-state index contributed by atoms with van der Waals surface area (Å²) in [5.41, 5.74) is 5.66. The van der Waals surface area contributed by atoms with Crippen LogP contribution in [0.15, 0.2) is 12.1 Å². The number of likely N-dealkylation sites (tertiary alicyclic amines) is 1. The van der Waals surface area contributed by atoms with E-state index in [9.17, 15) is 0 Å². The smallest absolute Gasteiger partial charge is 0.0294 e. The van der Waals surface area contributed by atoms with E-state index in [1.807, 2.05) is 0 Å². The van der Waals surface area contributed by atoms with E-state index in [0.29, 0.717) is 6.04 Å². The summed E-state index contributed by atoms with van der Waals surface area (Å²) in [6.07, 6.45) is 2.72.